The monoisotopic (exact) mass is 293 g/mol. The minimum Gasteiger partial charge on any atom is -0.310 e. The molecule has 1 aromatic heterocycles. The fourth-order valence-corrected chi connectivity index (χ4v) is 2.29. The Kier molecular flexibility index (Phi) is 5.44. The summed E-state index contributed by atoms with van der Waals surface area (Å²) in [7, 11) is 0. The Bertz CT molecular complexity index is 548. The average molecular weight is 294 g/mol. The first-order chi connectivity index (χ1) is 9.70. The lowest BCUT2D eigenvalue weighted by molar-refractivity contribution is 0.526. The predicted molar refractivity (Wildman–Crippen MR) is 78.2 cm³/mol. The van der Waals surface area contributed by atoms with E-state index in [9.17, 15) is 4.39 Å². The van der Waals surface area contributed by atoms with E-state index in [0.717, 1.165) is 24.1 Å². The van der Waals surface area contributed by atoms with Crippen LogP contribution in [0.2, 0.25) is 5.02 Å². The van der Waals surface area contributed by atoms with E-state index in [-0.39, 0.29) is 11.9 Å². The third-order valence-corrected chi connectivity index (χ3v) is 3.44. The van der Waals surface area contributed by atoms with Gasteiger partial charge in [-0.1, -0.05) is 24.6 Å². The number of benzene rings is 1. The van der Waals surface area contributed by atoms with E-state index in [4.69, 9.17) is 11.6 Å². The smallest absolute Gasteiger partial charge is 0.124 e. The number of aromatic nitrogens is 2. The Hall–Kier alpha value is -1.52. The van der Waals surface area contributed by atoms with E-state index >= 15 is 0 Å². The summed E-state index contributed by atoms with van der Waals surface area (Å²) in [4.78, 5) is 0. The van der Waals surface area contributed by atoms with E-state index in [2.05, 4.69) is 22.4 Å². The van der Waals surface area contributed by atoms with E-state index < -0.39 is 0 Å². The number of nitrogens with zero attached hydrogens (tertiary/aromatic N) is 2. The number of hydrogen-bond acceptors (Lipinski definition) is 3. The number of nitrogens with one attached hydrogen (secondary N) is 1. The van der Waals surface area contributed by atoms with Crippen molar-refractivity contribution in [3.8, 4) is 0 Å². The van der Waals surface area contributed by atoms with E-state index in [1.54, 1.807) is 18.5 Å². The third kappa shape index (κ3) is 3.99. The number of hydrogen-bond donors (Lipinski definition) is 1. The molecule has 0 bridgehead atoms. The van der Waals surface area contributed by atoms with Crippen LogP contribution in [-0.2, 0) is 6.42 Å². The molecule has 0 aliphatic rings. The van der Waals surface area contributed by atoms with Gasteiger partial charge >= 0.3 is 0 Å². The van der Waals surface area contributed by atoms with Gasteiger partial charge in [0.15, 0.2) is 0 Å². The van der Waals surface area contributed by atoms with Crippen molar-refractivity contribution in [2.45, 2.75) is 25.8 Å². The molecular weight excluding hydrogens is 277 g/mol. The minimum absolute atomic E-state index is 0.0911. The molecule has 3 nitrogen and oxygen atoms in total. The third-order valence-electron chi connectivity index (χ3n) is 3.09. The van der Waals surface area contributed by atoms with Gasteiger partial charge in [-0.05, 0) is 48.7 Å². The van der Waals surface area contributed by atoms with Crippen LogP contribution in [0.15, 0.2) is 36.7 Å². The molecule has 20 heavy (non-hydrogen) atoms. The van der Waals surface area contributed by atoms with Crippen LogP contribution >= 0.6 is 11.6 Å². The highest BCUT2D eigenvalue weighted by atomic mass is 35.5. The van der Waals surface area contributed by atoms with E-state index in [0.29, 0.717) is 11.4 Å². The van der Waals surface area contributed by atoms with Crippen molar-refractivity contribution in [1.29, 1.82) is 0 Å². The Balaban J connectivity index is 2.19. The van der Waals surface area contributed by atoms with E-state index in [1.807, 2.05) is 6.07 Å². The van der Waals surface area contributed by atoms with Crippen LogP contribution in [-0.4, -0.2) is 16.7 Å². The molecule has 0 fully saturated rings. The first kappa shape index (κ1) is 14.9. The predicted octanol–water partition coefficient (Wildman–Crippen LogP) is 3.55. The molecule has 0 aliphatic heterocycles. The summed E-state index contributed by atoms with van der Waals surface area (Å²) in [5, 5.41) is 11.6. The molecule has 2 aromatic rings. The van der Waals surface area contributed by atoms with Crippen molar-refractivity contribution in [3.05, 3.63) is 58.6 Å². The summed E-state index contributed by atoms with van der Waals surface area (Å²) in [6.45, 7) is 3.01. The molecule has 1 heterocycles. The zero-order valence-corrected chi connectivity index (χ0v) is 12.1. The highest BCUT2D eigenvalue weighted by Gasteiger charge is 2.14. The highest BCUT2D eigenvalue weighted by Crippen LogP contribution is 2.24. The van der Waals surface area contributed by atoms with Gasteiger partial charge in [0.05, 0.1) is 6.20 Å². The average Bonchev–Trinajstić information content (AvgIpc) is 2.46. The molecule has 0 saturated carbocycles. The Morgan fingerprint density at radius 1 is 1.30 bits per heavy atom. The van der Waals surface area contributed by atoms with Gasteiger partial charge in [-0.15, -0.1) is 0 Å². The maximum atomic E-state index is 13.1. The summed E-state index contributed by atoms with van der Waals surface area (Å²) in [6.07, 6.45) is 5.13. The van der Waals surface area contributed by atoms with Crippen LogP contribution < -0.4 is 5.32 Å². The maximum Gasteiger partial charge on any atom is 0.124 e. The summed E-state index contributed by atoms with van der Waals surface area (Å²) >= 11 is 6.10. The normalized spacial score (nSPS) is 12.3. The molecule has 106 valence electrons. The minimum atomic E-state index is -0.317. The van der Waals surface area contributed by atoms with Crippen LogP contribution in [0.25, 0.3) is 0 Å². The molecule has 2 rings (SSSR count). The van der Waals surface area contributed by atoms with Crippen LogP contribution in [0.3, 0.4) is 0 Å². The Labute approximate surface area is 123 Å². The molecule has 1 unspecified atom stereocenters. The van der Waals surface area contributed by atoms with Crippen molar-refractivity contribution in [2.24, 2.45) is 0 Å². The Morgan fingerprint density at radius 3 is 2.80 bits per heavy atom. The molecular formula is C15H17ClFN3. The summed E-state index contributed by atoms with van der Waals surface area (Å²) in [5.41, 5.74) is 1.97. The standard InChI is InChI=1S/C15H17ClFN3/c1-2-6-18-15(12-5-7-19-20-10-12)8-11-3-4-13(17)9-14(11)16/h3-5,7,9-10,15,18H,2,6,8H2,1H3. The fourth-order valence-electron chi connectivity index (χ4n) is 2.04. The van der Waals surface area contributed by atoms with Gasteiger partial charge in [-0.2, -0.15) is 10.2 Å². The second-order valence-electron chi connectivity index (χ2n) is 4.62. The lowest BCUT2D eigenvalue weighted by Gasteiger charge is -2.19. The lowest BCUT2D eigenvalue weighted by atomic mass is 10.0. The second-order valence-corrected chi connectivity index (χ2v) is 5.03. The van der Waals surface area contributed by atoms with Gasteiger partial charge in [0.1, 0.15) is 5.82 Å². The first-order valence-electron chi connectivity index (χ1n) is 6.64. The second kappa shape index (κ2) is 7.31. The molecule has 0 saturated heterocycles. The number of halogens is 2. The van der Waals surface area contributed by atoms with Crippen molar-refractivity contribution >= 4 is 11.6 Å². The van der Waals surface area contributed by atoms with Crippen molar-refractivity contribution < 1.29 is 4.39 Å². The molecule has 0 amide bonds. The topological polar surface area (TPSA) is 37.8 Å². The van der Waals surface area contributed by atoms with Crippen molar-refractivity contribution in [3.63, 3.8) is 0 Å². The molecule has 5 heteroatoms. The van der Waals surface area contributed by atoms with Crippen molar-refractivity contribution in [1.82, 2.24) is 15.5 Å². The van der Waals surface area contributed by atoms with Gasteiger partial charge in [-0.3, -0.25) is 0 Å². The maximum absolute atomic E-state index is 13.1. The van der Waals surface area contributed by atoms with Gasteiger partial charge < -0.3 is 5.32 Å². The quantitative estimate of drug-likeness (QED) is 0.885. The zero-order valence-electron chi connectivity index (χ0n) is 11.3. The molecule has 1 N–H and O–H groups in total. The van der Waals surface area contributed by atoms with Gasteiger partial charge in [0.25, 0.3) is 0 Å². The highest BCUT2D eigenvalue weighted by molar-refractivity contribution is 6.31. The summed E-state index contributed by atoms with van der Waals surface area (Å²) in [6, 6.07) is 6.53. The SMILES string of the molecule is CCCNC(Cc1ccc(F)cc1Cl)c1ccnnc1. The molecule has 0 radical (unpaired) electrons. The number of rotatable bonds is 6. The van der Waals surface area contributed by atoms with Crippen LogP contribution in [0.1, 0.15) is 30.5 Å². The lowest BCUT2D eigenvalue weighted by Crippen LogP contribution is -2.24. The zero-order chi connectivity index (χ0) is 14.4. The van der Waals surface area contributed by atoms with Crippen LogP contribution in [0.4, 0.5) is 4.39 Å². The van der Waals surface area contributed by atoms with Crippen LogP contribution in [0.5, 0.6) is 0 Å². The molecule has 0 aliphatic carbocycles. The molecule has 1 aromatic carbocycles. The largest absolute Gasteiger partial charge is 0.310 e. The Morgan fingerprint density at radius 2 is 2.15 bits per heavy atom. The van der Waals surface area contributed by atoms with Crippen molar-refractivity contribution in [2.75, 3.05) is 6.54 Å². The van der Waals surface area contributed by atoms with Gasteiger partial charge in [0.2, 0.25) is 0 Å². The fraction of sp³-hybridized carbons (Fsp3) is 0.333. The van der Waals surface area contributed by atoms with Crippen LogP contribution in [0, 0.1) is 5.82 Å². The van der Waals surface area contributed by atoms with Gasteiger partial charge in [0, 0.05) is 17.3 Å². The van der Waals surface area contributed by atoms with Gasteiger partial charge in [-0.25, -0.2) is 4.39 Å². The summed E-state index contributed by atoms with van der Waals surface area (Å²) < 4.78 is 13.1. The van der Waals surface area contributed by atoms with E-state index in [1.165, 1.54) is 12.1 Å². The molecule has 0 spiro atoms. The molecule has 1 atom stereocenters. The summed E-state index contributed by atoms with van der Waals surface area (Å²) in [5.74, 6) is -0.317. The first-order valence-corrected chi connectivity index (χ1v) is 7.02.